The highest BCUT2D eigenvalue weighted by molar-refractivity contribution is 5.71. The molecule has 63 heavy (non-hydrogen) atoms. The zero-order valence-electron chi connectivity index (χ0n) is 41.1. The summed E-state index contributed by atoms with van der Waals surface area (Å²) in [6.45, 7) is 6.33. The van der Waals surface area contributed by atoms with Gasteiger partial charge in [0.2, 0.25) is 0 Å². The van der Waals surface area contributed by atoms with E-state index in [1.165, 1.54) is 89.9 Å². The van der Waals surface area contributed by atoms with Gasteiger partial charge in [-0.1, -0.05) is 221 Å². The van der Waals surface area contributed by atoms with E-state index in [1.807, 2.05) is 0 Å². The molecule has 0 heterocycles. The molecule has 0 N–H and O–H groups in total. The van der Waals surface area contributed by atoms with Crippen LogP contribution in [0.25, 0.3) is 0 Å². The monoisotopic (exact) mass is 877 g/mol. The Morgan fingerprint density at radius 1 is 0.333 bits per heavy atom. The molecule has 0 aromatic rings. The van der Waals surface area contributed by atoms with E-state index in [0.29, 0.717) is 19.3 Å². The van der Waals surface area contributed by atoms with Gasteiger partial charge in [0.25, 0.3) is 0 Å². The van der Waals surface area contributed by atoms with Gasteiger partial charge < -0.3 is 14.2 Å². The normalized spacial score (nSPS) is 12.7. The highest BCUT2D eigenvalue weighted by Crippen LogP contribution is 2.14. The number of carbonyl (C=O) groups is 3. The van der Waals surface area contributed by atoms with Crippen LogP contribution in [0.15, 0.2) is 85.1 Å². The molecular weight excluding hydrogens is 781 g/mol. The van der Waals surface area contributed by atoms with E-state index in [1.54, 1.807) is 0 Å². The third kappa shape index (κ3) is 49.5. The van der Waals surface area contributed by atoms with Crippen LogP contribution in [0.3, 0.4) is 0 Å². The lowest BCUT2D eigenvalue weighted by Crippen LogP contribution is -2.30. The van der Waals surface area contributed by atoms with E-state index >= 15 is 0 Å². The van der Waals surface area contributed by atoms with Gasteiger partial charge in [0.05, 0.1) is 0 Å². The molecule has 1 unspecified atom stereocenters. The third-order valence-corrected chi connectivity index (χ3v) is 11.0. The molecule has 0 rings (SSSR count). The zero-order chi connectivity index (χ0) is 45.8. The molecule has 6 nitrogen and oxygen atoms in total. The lowest BCUT2D eigenvalue weighted by molar-refractivity contribution is -0.167. The smallest absolute Gasteiger partial charge is 0.306 e. The van der Waals surface area contributed by atoms with E-state index in [0.717, 1.165) is 109 Å². The zero-order valence-corrected chi connectivity index (χ0v) is 41.1. The SMILES string of the molecule is CC\C=C/C=C\C=C/CCCCCCCC(=O)OCC(COC(=O)CCCCCCCCC/C=C\CCCCCCCCCC)OC(=O)CCCCCCC\C=C/C=C\C=C/CC. The average molecular weight is 877 g/mol. The van der Waals surface area contributed by atoms with Crippen LogP contribution in [0.2, 0.25) is 0 Å². The van der Waals surface area contributed by atoms with Crippen LogP contribution >= 0.6 is 0 Å². The lowest BCUT2D eigenvalue weighted by atomic mass is 10.1. The van der Waals surface area contributed by atoms with Gasteiger partial charge in [-0.15, -0.1) is 0 Å². The van der Waals surface area contributed by atoms with E-state index in [-0.39, 0.29) is 31.1 Å². The fourth-order valence-corrected chi connectivity index (χ4v) is 7.08. The van der Waals surface area contributed by atoms with Crippen LogP contribution in [0.5, 0.6) is 0 Å². The second-order valence-corrected chi connectivity index (χ2v) is 17.1. The van der Waals surface area contributed by atoms with Crippen molar-refractivity contribution in [1.29, 1.82) is 0 Å². The Balaban J connectivity index is 4.39. The Kier molecular flexibility index (Phi) is 48.5. The van der Waals surface area contributed by atoms with Gasteiger partial charge in [-0.25, -0.2) is 0 Å². The number of ether oxygens (including phenoxy) is 3. The largest absolute Gasteiger partial charge is 0.462 e. The summed E-state index contributed by atoms with van der Waals surface area (Å²) in [4.78, 5) is 38.0. The Labute approximate surface area is 388 Å². The summed E-state index contributed by atoms with van der Waals surface area (Å²) in [5, 5.41) is 0. The van der Waals surface area contributed by atoms with E-state index in [9.17, 15) is 14.4 Å². The van der Waals surface area contributed by atoms with Crippen LogP contribution < -0.4 is 0 Å². The van der Waals surface area contributed by atoms with Gasteiger partial charge in [0, 0.05) is 19.3 Å². The number of unbranched alkanes of at least 4 members (excludes halogenated alkanes) is 25. The summed E-state index contributed by atoms with van der Waals surface area (Å²) < 4.78 is 16.8. The molecule has 0 fully saturated rings. The molecule has 0 aliphatic heterocycles. The highest BCUT2D eigenvalue weighted by Gasteiger charge is 2.19. The summed E-state index contributed by atoms with van der Waals surface area (Å²) in [5.74, 6) is -0.941. The topological polar surface area (TPSA) is 78.9 Å². The standard InChI is InChI=1S/C57H96O6/c1-4-7-10-13-16-19-22-25-26-27-28-29-30-33-35-38-41-44-47-50-56(59)62-53-54(63-57(60)51-48-45-42-39-36-32-24-21-18-15-12-9-6-3)52-61-55(58)49-46-43-40-37-34-31-23-20-17-14-11-8-5-2/h8-9,11-12,14-15,17-18,20-21,23-24,27-28,54H,4-7,10,13,16,19,22,25-26,29-53H2,1-3H3/b11-8-,12-9-,17-14-,18-15-,23-20-,24-21-,28-27-. The van der Waals surface area contributed by atoms with Crippen molar-refractivity contribution in [3.8, 4) is 0 Å². The molecule has 0 aromatic carbocycles. The molecule has 0 saturated heterocycles. The molecule has 0 aliphatic rings. The molecule has 1 atom stereocenters. The third-order valence-electron chi connectivity index (χ3n) is 11.0. The second-order valence-electron chi connectivity index (χ2n) is 17.1. The quantitative estimate of drug-likeness (QED) is 0.0199. The number of hydrogen-bond donors (Lipinski definition) is 0. The van der Waals surface area contributed by atoms with Gasteiger partial charge in [-0.3, -0.25) is 14.4 Å². The molecule has 0 aliphatic carbocycles. The van der Waals surface area contributed by atoms with Crippen molar-refractivity contribution >= 4 is 17.9 Å². The number of rotatable bonds is 46. The summed E-state index contributed by atoms with van der Waals surface area (Å²) in [7, 11) is 0. The second kappa shape index (κ2) is 51.2. The number of hydrogen-bond acceptors (Lipinski definition) is 6. The summed E-state index contributed by atoms with van der Waals surface area (Å²) in [5.41, 5.74) is 0. The van der Waals surface area contributed by atoms with Crippen molar-refractivity contribution < 1.29 is 28.6 Å². The number of allylic oxidation sites excluding steroid dienone is 14. The van der Waals surface area contributed by atoms with Gasteiger partial charge >= 0.3 is 17.9 Å². The molecule has 360 valence electrons. The summed E-state index contributed by atoms with van der Waals surface area (Å²) in [6.07, 6.45) is 65.7. The van der Waals surface area contributed by atoms with Crippen molar-refractivity contribution in [3.05, 3.63) is 85.1 Å². The summed E-state index contributed by atoms with van der Waals surface area (Å²) >= 11 is 0. The summed E-state index contributed by atoms with van der Waals surface area (Å²) in [6, 6.07) is 0. The van der Waals surface area contributed by atoms with Crippen LogP contribution in [-0.2, 0) is 28.6 Å². The maximum Gasteiger partial charge on any atom is 0.306 e. The Bertz CT molecular complexity index is 1240. The molecule has 0 radical (unpaired) electrons. The first-order valence-corrected chi connectivity index (χ1v) is 26.2. The van der Waals surface area contributed by atoms with Crippen molar-refractivity contribution in [3.63, 3.8) is 0 Å². The maximum atomic E-state index is 12.8. The highest BCUT2D eigenvalue weighted by atomic mass is 16.6. The van der Waals surface area contributed by atoms with Crippen LogP contribution in [0.4, 0.5) is 0 Å². The fraction of sp³-hybridized carbons (Fsp3) is 0.702. The molecule has 0 saturated carbocycles. The number of esters is 3. The van der Waals surface area contributed by atoms with Crippen molar-refractivity contribution in [2.75, 3.05) is 13.2 Å². The van der Waals surface area contributed by atoms with Crippen LogP contribution in [-0.4, -0.2) is 37.2 Å². The maximum absolute atomic E-state index is 12.8. The van der Waals surface area contributed by atoms with Crippen molar-refractivity contribution in [2.45, 2.75) is 245 Å². The van der Waals surface area contributed by atoms with Crippen molar-refractivity contribution in [2.24, 2.45) is 0 Å². The minimum atomic E-state index is -0.797. The number of carbonyl (C=O) groups excluding carboxylic acids is 3. The minimum Gasteiger partial charge on any atom is -0.462 e. The van der Waals surface area contributed by atoms with Gasteiger partial charge in [0.15, 0.2) is 6.10 Å². The molecule has 0 aromatic heterocycles. The minimum absolute atomic E-state index is 0.0945. The predicted molar refractivity (Wildman–Crippen MR) is 270 cm³/mol. The van der Waals surface area contributed by atoms with Gasteiger partial charge in [-0.2, -0.15) is 0 Å². The van der Waals surface area contributed by atoms with Gasteiger partial charge in [-0.05, 0) is 83.5 Å². The Morgan fingerprint density at radius 2 is 0.635 bits per heavy atom. The first kappa shape index (κ1) is 59.6. The van der Waals surface area contributed by atoms with E-state index in [2.05, 4.69) is 106 Å². The lowest BCUT2D eigenvalue weighted by Gasteiger charge is -2.18. The van der Waals surface area contributed by atoms with Crippen LogP contribution in [0, 0.1) is 0 Å². The van der Waals surface area contributed by atoms with E-state index < -0.39 is 6.10 Å². The van der Waals surface area contributed by atoms with Gasteiger partial charge in [0.1, 0.15) is 13.2 Å². The first-order chi connectivity index (χ1) is 31.0. The average Bonchev–Trinajstić information content (AvgIpc) is 3.28. The van der Waals surface area contributed by atoms with Crippen LogP contribution in [0.1, 0.15) is 239 Å². The fourth-order valence-electron chi connectivity index (χ4n) is 7.08. The molecule has 0 amide bonds. The predicted octanol–water partition coefficient (Wildman–Crippen LogP) is 17.2. The molecule has 0 bridgehead atoms. The first-order valence-electron chi connectivity index (χ1n) is 26.2. The van der Waals surface area contributed by atoms with E-state index in [4.69, 9.17) is 14.2 Å². The molecular formula is C57H96O6. The molecule has 0 spiro atoms. The Hall–Kier alpha value is -3.41. The van der Waals surface area contributed by atoms with Crippen molar-refractivity contribution in [1.82, 2.24) is 0 Å². The Morgan fingerprint density at radius 3 is 1.00 bits per heavy atom. The molecule has 6 heteroatoms.